The fourth-order valence-corrected chi connectivity index (χ4v) is 1.86. The second-order valence-electron chi connectivity index (χ2n) is 3.23. The van der Waals surface area contributed by atoms with Gasteiger partial charge in [0.15, 0.2) is 0 Å². The van der Waals surface area contributed by atoms with Crippen molar-refractivity contribution in [2.24, 2.45) is 0 Å². The van der Waals surface area contributed by atoms with Crippen molar-refractivity contribution in [3.63, 3.8) is 0 Å². The van der Waals surface area contributed by atoms with E-state index in [-0.39, 0.29) is 5.97 Å². The summed E-state index contributed by atoms with van der Waals surface area (Å²) < 4.78 is 4.93. The van der Waals surface area contributed by atoms with Gasteiger partial charge in [0.05, 0.1) is 0 Å². The zero-order chi connectivity index (χ0) is 10.6. The highest BCUT2D eigenvalue weighted by Crippen LogP contribution is 2.24. The third kappa shape index (κ3) is 3.83. The molecular weight excluding hydrogens is 196 g/mol. The van der Waals surface area contributed by atoms with Crippen molar-refractivity contribution < 1.29 is 9.53 Å². The van der Waals surface area contributed by atoms with Gasteiger partial charge in [-0.15, -0.1) is 11.8 Å². The molecule has 76 valence electrons. The third-order valence-electron chi connectivity index (χ3n) is 1.46. The molecule has 0 saturated heterocycles. The molecule has 0 aromatic heterocycles. The molecule has 0 fully saturated rings. The Bertz CT molecular complexity index is 304. The van der Waals surface area contributed by atoms with Crippen LogP contribution in [0.4, 0.5) is 0 Å². The van der Waals surface area contributed by atoms with Crippen molar-refractivity contribution in [3.8, 4) is 5.75 Å². The second-order valence-corrected chi connectivity index (χ2v) is 4.88. The highest BCUT2D eigenvalue weighted by atomic mass is 32.2. The van der Waals surface area contributed by atoms with Gasteiger partial charge in [-0.1, -0.05) is 13.8 Å². The maximum Gasteiger partial charge on any atom is 0.308 e. The van der Waals surface area contributed by atoms with Crippen LogP contribution in [0, 0.1) is 0 Å². The van der Waals surface area contributed by atoms with Crippen LogP contribution in [0.1, 0.15) is 20.8 Å². The lowest BCUT2D eigenvalue weighted by atomic mass is 10.3. The maximum absolute atomic E-state index is 10.6. The Labute approximate surface area is 88.7 Å². The molecule has 0 unspecified atom stereocenters. The van der Waals surface area contributed by atoms with E-state index in [1.54, 1.807) is 11.8 Å². The average Bonchev–Trinajstić information content (AvgIpc) is 2.06. The Morgan fingerprint density at radius 3 is 2.29 bits per heavy atom. The molecule has 3 heteroatoms. The van der Waals surface area contributed by atoms with E-state index >= 15 is 0 Å². The summed E-state index contributed by atoms with van der Waals surface area (Å²) in [6.45, 7) is 5.69. The average molecular weight is 210 g/mol. The molecule has 0 heterocycles. The van der Waals surface area contributed by atoms with Crippen molar-refractivity contribution in [2.45, 2.75) is 30.9 Å². The molecule has 0 spiro atoms. The molecule has 0 saturated carbocycles. The molecule has 0 bridgehead atoms. The molecule has 1 rings (SSSR count). The van der Waals surface area contributed by atoms with E-state index in [0.717, 1.165) is 0 Å². The summed E-state index contributed by atoms with van der Waals surface area (Å²) in [6.07, 6.45) is 0. The van der Waals surface area contributed by atoms with Crippen molar-refractivity contribution >= 4 is 17.7 Å². The smallest absolute Gasteiger partial charge is 0.308 e. The molecule has 0 N–H and O–H groups in total. The van der Waals surface area contributed by atoms with Gasteiger partial charge in [0, 0.05) is 17.1 Å². The quantitative estimate of drug-likeness (QED) is 0.435. The SMILES string of the molecule is CC(=O)Oc1ccc(SC(C)C)cc1. The van der Waals surface area contributed by atoms with Crippen LogP contribution in [0.2, 0.25) is 0 Å². The monoisotopic (exact) mass is 210 g/mol. The number of rotatable bonds is 3. The predicted molar refractivity (Wildman–Crippen MR) is 58.7 cm³/mol. The summed E-state index contributed by atoms with van der Waals surface area (Å²) in [6, 6.07) is 7.55. The zero-order valence-electron chi connectivity index (χ0n) is 8.61. The van der Waals surface area contributed by atoms with Crippen molar-refractivity contribution in [1.82, 2.24) is 0 Å². The molecule has 0 aliphatic heterocycles. The zero-order valence-corrected chi connectivity index (χ0v) is 9.43. The molecule has 14 heavy (non-hydrogen) atoms. The van der Waals surface area contributed by atoms with E-state index in [1.165, 1.54) is 11.8 Å². The first-order valence-corrected chi connectivity index (χ1v) is 5.41. The number of carbonyl (C=O) groups excluding carboxylic acids is 1. The lowest BCUT2D eigenvalue weighted by molar-refractivity contribution is -0.131. The van der Waals surface area contributed by atoms with Crippen LogP contribution in [0.3, 0.4) is 0 Å². The first kappa shape index (κ1) is 11.1. The summed E-state index contributed by atoms with van der Waals surface area (Å²) in [5, 5.41) is 0.564. The van der Waals surface area contributed by atoms with E-state index in [4.69, 9.17) is 4.74 Å². The Morgan fingerprint density at radius 2 is 1.86 bits per heavy atom. The minimum absolute atomic E-state index is 0.283. The fourth-order valence-electron chi connectivity index (χ4n) is 1.02. The van der Waals surface area contributed by atoms with E-state index in [9.17, 15) is 4.79 Å². The number of carbonyl (C=O) groups is 1. The van der Waals surface area contributed by atoms with E-state index in [1.807, 2.05) is 24.3 Å². The van der Waals surface area contributed by atoms with Gasteiger partial charge in [-0.25, -0.2) is 0 Å². The van der Waals surface area contributed by atoms with Crippen LogP contribution in [-0.2, 0) is 4.79 Å². The molecule has 0 radical (unpaired) electrons. The largest absolute Gasteiger partial charge is 0.427 e. The van der Waals surface area contributed by atoms with Gasteiger partial charge in [0.25, 0.3) is 0 Å². The number of thioether (sulfide) groups is 1. The lowest BCUT2D eigenvalue weighted by Crippen LogP contribution is -2.00. The van der Waals surface area contributed by atoms with Crippen molar-refractivity contribution in [2.75, 3.05) is 0 Å². The molecule has 1 aromatic rings. The molecule has 0 aliphatic rings. The maximum atomic E-state index is 10.6. The minimum Gasteiger partial charge on any atom is -0.427 e. The van der Waals surface area contributed by atoms with Gasteiger partial charge >= 0.3 is 5.97 Å². The summed E-state index contributed by atoms with van der Waals surface area (Å²) in [4.78, 5) is 11.8. The van der Waals surface area contributed by atoms with E-state index in [2.05, 4.69) is 13.8 Å². The summed E-state index contributed by atoms with van der Waals surface area (Å²) in [5.41, 5.74) is 0. The summed E-state index contributed by atoms with van der Waals surface area (Å²) >= 11 is 1.79. The van der Waals surface area contributed by atoms with Crippen molar-refractivity contribution in [3.05, 3.63) is 24.3 Å². The molecule has 2 nitrogen and oxygen atoms in total. The number of esters is 1. The lowest BCUT2D eigenvalue weighted by Gasteiger charge is -2.05. The Balaban J connectivity index is 2.63. The number of benzene rings is 1. The number of hydrogen-bond donors (Lipinski definition) is 0. The topological polar surface area (TPSA) is 26.3 Å². The van der Waals surface area contributed by atoms with Crippen LogP contribution in [-0.4, -0.2) is 11.2 Å². The van der Waals surface area contributed by atoms with Crippen LogP contribution in [0.25, 0.3) is 0 Å². The van der Waals surface area contributed by atoms with Gasteiger partial charge in [-0.2, -0.15) is 0 Å². The van der Waals surface area contributed by atoms with Gasteiger partial charge in [0.1, 0.15) is 5.75 Å². The summed E-state index contributed by atoms with van der Waals surface area (Å²) in [7, 11) is 0. The third-order valence-corrected chi connectivity index (χ3v) is 2.47. The predicted octanol–water partition coefficient (Wildman–Crippen LogP) is 3.11. The molecule has 0 amide bonds. The standard InChI is InChI=1S/C11H14O2S/c1-8(2)14-11-6-4-10(5-7-11)13-9(3)12/h4-8H,1-3H3. The van der Waals surface area contributed by atoms with Gasteiger partial charge < -0.3 is 4.74 Å². The Morgan fingerprint density at radius 1 is 1.29 bits per heavy atom. The Kier molecular flexibility index (Phi) is 4.01. The van der Waals surface area contributed by atoms with E-state index in [0.29, 0.717) is 11.0 Å². The van der Waals surface area contributed by atoms with Crippen LogP contribution >= 0.6 is 11.8 Å². The number of hydrogen-bond acceptors (Lipinski definition) is 3. The van der Waals surface area contributed by atoms with Crippen LogP contribution in [0.5, 0.6) is 5.75 Å². The van der Waals surface area contributed by atoms with Gasteiger partial charge in [-0.3, -0.25) is 4.79 Å². The molecular formula is C11H14O2S. The first-order chi connectivity index (χ1) is 6.58. The second kappa shape index (κ2) is 5.05. The van der Waals surface area contributed by atoms with Gasteiger partial charge in [-0.05, 0) is 24.3 Å². The normalized spacial score (nSPS) is 10.3. The minimum atomic E-state index is -0.283. The van der Waals surface area contributed by atoms with Crippen LogP contribution in [0.15, 0.2) is 29.2 Å². The fraction of sp³-hybridized carbons (Fsp3) is 0.364. The van der Waals surface area contributed by atoms with E-state index < -0.39 is 0 Å². The molecule has 1 aromatic carbocycles. The number of ether oxygens (including phenoxy) is 1. The first-order valence-electron chi connectivity index (χ1n) is 4.53. The summed E-state index contributed by atoms with van der Waals surface area (Å²) in [5.74, 6) is 0.319. The Hall–Kier alpha value is -0.960. The van der Waals surface area contributed by atoms with Crippen molar-refractivity contribution in [1.29, 1.82) is 0 Å². The molecule has 0 aliphatic carbocycles. The van der Waals surface area contributed by atoms with Gasteiger partial charge in [0.2, 0.25) is 0 Å². The highest BCUT2D eigenvalue weighted by Gasteiger charge is 2.00. The van der Waals surface area contributed by atoms with Crippen LogP contribution < -0.4 is 4.74 Å². The highest BCUT2D eigenvalue weighted by molar-refractivity contribution is 7.99. The molecule has 0 atom stereocenters.